The van der Waals surface area contributed by atoms with Gasteiger partial charge in [-0.2, -0.15) is 13.2 Å². The first-order valence-electron chi connectivity index (χ1n) is 10.2. The van der Waals surface area contributed by atoms with E-state index >= 15 is 0 Å². The number of amides is 1. The van der Waals surface area contributed by atoms with Crippen molar-refractivity contribution >= 4 is 11.9 Å². The average molecular weight is 450 g/mol. The molecule has 2 aromatic rings. The predicted octanol–water partition coefficient (Wildman–Crippen LogP) is 4.46. The number of aryl methyl sites for hydroxylation is 1. The second kappa shape index (κ2) is 8.48. The Morgan fingerprint density at radius 3 is 2.41 bits per heavy atom. The van der Waals surface area contributed by atoms with Crippen molar-refractivity contribution in [3.05, 3.63) is 42.1 Å². The molecule has 32 heavy (non-hydrogen) atoms. The Labute approximate surface area is 184 Å². The number of ether oxygens (including phenoxy) is 1. The zero-order chi connectivity index (χ0) is 23.7. The maximum absolute atomic E-state index is 12.9. The zero-order valence-electron chi connectivity index (χ0n) is 18.4. The molecule has 3 rings (SSSR count). The Morgan fingerprint density at radius 1 is 1.16 bits per heavy atom. The number of likely N-dealkylation sites (tertiary alicyclic amines) is 1. The van der Waals surface area contributed by atoms with Crippen LogP contribution in [0.1, 0.15) is 51.9 Å². The molecule has 0 bridgehead atoms. The lowest BCUT2D eigenvalue weighted by molar-refractivity contribution is -0.141. The van der Waals surface area contributed by atoms with Gasteiger partial charge in [-0.25, -0.2) is 14.8 Å². The van der Waals surface area contributed by atoms with Crippen molar-refractivity contribution in [3.63, 3.8) is 0 Å². The van der Waals surface area contributed by atoms with Gasteiger partial charge in [0.25, 0.3) is 0 Å². The Bertz CT molecular complexity index is 1000. The molecule has 3 heterocycles. The van der Waals surface area contributed by atoms with Gasteiger partial charge in [-0.15, -0.1) is 0 Å². The van der Waals surface area contributed by atoms with Crippen molar-refractivity contribution < 1.29 is 27.5 Å². The molecule has 7 nitrogen and oxygen atoms in total. The number of aromatic nitrogens is 3. The van der Waals surface area contributed by atoms with E-state index < -0.39 is 29.1 Å². The third kappa shape index (κ3) is 5.23. The highest BCUT2D eigenvalue weighted by Gasteiger charge is 2.50. The quantitative estimate of drug-likeness (QED) is 0.669. The SMILES string of the molecule is CC(C)(C)OC(=O)N1CCC1(C)C(=O)CCc1cc(-c2ccc(C(F)(F)F)nc2)ncn1. The number of hydrogen-bond acceptors (Lipinski definition) is 6. The number of hydrogen-bond donors (Lipinski definition) is 0. The van der Waals surface area contributed by atoms with Crippen LogP contribution in [0.4, 0.5) is 18.0 Å². The molecule has 0 saturated carbocycles. The van der Waals surface area contributed by atoms with Gasteiger partial charge in [0.1, 0.15) is 23.2 Å². The van der Waals surface area contributed by atoms with Gasteiger partial charge in [0.15, 0.2) is 5.78 Å². The zero-order valence-corrected chi connectivity index (χ0v) is 18.4. The fraction of sp³-hybridized carbons (Fsp3) is 0.500. The van der Waals surface area contributed by atoms with Gasteiger partial charge >= 0.3 is 12.3 Å². The van der Waals surface area contributed by atoms with Gasteiger partial charge in [-0.1, -0.05) is 0 Å². The summed E-state index contributed by atoms with van der Waals surface area (Å²) in [6, 6.07) is 3.80. The molecular weight excluding hydrogens is 425 g/mol. The van der Waals surface area contributed by atoms with Crippen molar-refractivity contribution in [3.8, 4) is 11.3 Å². The Morgan fingerprint density at radius 2 is 1.88 bits per heavy atom. The van der Waals surface area contributed by atoms with E-state index in [-0.39, 0.29) is 12.2 Å². The topological polar surface area (TPSA) is 85.3 Å². The molecule has 1 atom stereocenters. The first-order chi connectivity index (χ1) is 14.8. The molecular formula is C22H25F3N4O3. The number of nitrogens with zero attached hydrogens (tertiary/aromatic N) is 4. The van der Waals surface area contributed by atoms with Gasteiger partial charge in [0, 0.05) is 30.4 Å². The van der Waals surface area contributed by atoms with E-state index in [0.717, 1.165) is 12.3 Å². The van der Waals surface area contributed by atoms with E-state index in [0.29, 0.717) is 36.3 Å². The normalized spacial score (nSPS) is 18.8. The van der Waals surface area contributed by atoms with E-state index in [1.165, 1.54) is 17.3 Å². The van der Waals surface area contributed by atoms with Crippen LogP contribution in [0.25, 0.3) is 11.3 Å². The van der Waals surface area contributed by atoms with Crippen LogP contribution < -0.4 is 0 Å². The Hall–Kier alpha value is -3.04. The highest BCUT2D eigenvalue weighted by molar-refractivity contribution is 5.93. The molecule has 1 unspecified atom stereocenters. The van der Waals surface area contributed by atoms with Crippen molar-refractivity contribution in [1.29, 1.82) is 0 Å². The van der Waals surface area contributed by atoms with Gasteiger partial charge in [-0.3, -0.25) is 14.7 Å². The van der Waals surface area contributed by atoms with E-state index in [2.05, 4.69) is 15.0 Å². The van der Waals surface area contributed by atoms with Crippen LogP contribution >= 0.6 is 0 Å². The molecule has 1 fully saturated rings. The monoisotopic (exact) mass is 450 g/mol. The van der Waals surface area contributed by atoms with Crippen molar-refractivity contribution in [2.75, 3.05) is 6.54 Å². The van der Waals surface area contributed by atoms with Gasteiger partial charge < -0.3 is 4.74 Å². The van der Waals surface area contributed by atoms with E-state index in [4.69, 9.17) is 4.74 Å². The summed E-state index contributed by atoms with van der Waals surface area (Å²) in [4.78, 5) is 38.4. The highest BCUT2D eigenvalue weighted by Crippen LogP contribution is 2.34. The number of Topliss-reactive ketones (excluding diaryl/α,β-unsaturated/α-hetero) is 1. The van der Waals surface area contributed by atoms with Gasteiger partial charge in [0.2, 0.25) is 0 Å². The molecule has 0 radical (unpaired) electrons. The summed E-state index contributed by atoms with van der Waals surface area (Å²) in [6.45, 7) is 7.48. The van der Waals surface area contributed by atoms with Crippen LogP contribution in [0.2, 0.25) is 0 Å². The van der Waals surface area contributed by atoms with E-state index in [1.54, 1.807) is 33.8 Å². The summed E-state index contributed by atoms with van der Waals surface area (Å²) in [7, 11) is 0. The first-order valence-corrected chi connectivity index (χ1v) is 10.2. The van der Waals surface area contributed by atoms with Gasteiger partial charge in [0.05, 0.1) is 5.69 Å². The van der Waals surface area contributed by atoms with Crippen molar-refractivity contribution in [1.82, 2.24) is 19.9 Å². The molecule has 1 aliphatic heterocycles. The third-order valence-electron chi connectivity index (χ3n) is 5.31. The summed E-state index contributed by atoms with van der Waals surface area (Å²) in [5.74, 6) is -0.106. The maximum Gasteiger partial charge on any atom is 0.433 e. The molecule has 172 valence electrons. The summed E-state index contributed by atoms with van der Waals surface area (Å²) in [5.41, 5.74) is -1.17. The second-order valence-corrected chi connectivity index (χ2v) is 8.90. The fourth-order valence-electron chi connectivity index (χ4n) is 3.37. The molecule has 1 aliphatic rings. The lowest BCUT2D eigenvalue weighted by Crippen LogP contribution is -2.65. The molecule has 2 aromatic heterocycles. The number of carbonyl (C=O) groups excluding carboxylic acids is 2. The number of rotatable bonds is 5. The summed E-state index contributed by atoms with van der Waals surface area (Å²) < 4.78 is 43.5. The lowest BCUT2D eigenvalue weighted by Gasteiger charge is -2.49. The van der Waals surface area contributed by atoms with Crippen LogP contribution in [0.5, 0.6) is 0 Å². The molecule has 0 spiro atoms. The van der Waals surface area contributed by atoms with E-state index in [1.807, 2.05) is 0 Å². The maximum atomic E-state index is 12.9. The number of halogens is 3. The van der Waals surface area contributed by atoms with Crippen LogP contribution in [0.15, 0.2) is 30.7 Å². The number of ketones is 1. The third-order valence-corrected chi connectivity index (χ3v) is 5.31. The standard InChI is InChI=1S/C22H25F3N4O3/c1-20(2,3)32-19(31)29-10-9-21(29,4)18(30)8-6-15-11-16(28-13-27-15)14-5-7-17(26-12-14)22(23,24)25/h5,7,11-13H,6,8-10H2,1-4H3. The van der Waals surface area contributed by atoms with Crippen LogP contribution in [-0.4, -0.2) is 49.4 Å². The molecule has 1 saturated heterocycles. The first kappa shape index (κ1) is 23.6. The molecule has 10 heteroatoms. The predicted molar refractivity (Wildman–Crippen MR) is 110 cm³/mol. The number of alkyl halides is 3. The van der Waals surface area contributed by atoms with Crippen molar-refractivity contribution in [2.24, 2.45) is 0 Å². The largest absolute Gasteiger partial charge is 0.444 e. The second-order valence-electron chi connectivity index (χ2n) is 8.90. The summed E-state index contributed by atoms with van der Waals surface area (Å²) in [5, 5.41) is 0. The van der Waals surface area contributed by atoms with Crippen LogP contribution in [-0.2, 0) is 22.1 Å². The van der Waals surface area contributed by atoms with Gasteiger partial charge in [-0.05, 0) is 58.7 Å². The van der Waals surface area contributed by atoms with Crippen LogP contribution in [0.3, 0.4) is 0 Å². The van der Waals surface area contributed by atoms with E-state index in [9.17, 15) is 22.8 Å². The Balaban J connectivity index is 1.65. The summed E-state index contributed by atoms with van der Waals surface area (Å²) in [6.07, 6.45) is -1.62. The Kier molecular flexibility index (Phi) is 6.26. The van der Waals surface area contributed by atoms with Crippen LogP contribution in [0, 0.1) is 0 Å². The number of pyridine rings is 1. The highest BCUT2D eigenvalue weighted by atomic mass is 19.4. The fourth-order valence-corrected chi connectivity index (χ4v) is 3.37. The minimum Gasteiger partial charge on any atom is -0.444 e. The molecule has 1 amide bonds. The average Bonchev–Trinajstić information content (AvgIpc) is 2.68. The minimum absolute atomic E-state index is 0.106. The number of carbonyl (C=O) groups is 2. The smallest absolute Gasteiger partial charge is 0.433 e. The van der Waals surface area contributed by atoms with Crippen molar-refractivity contribution in [2.45, 2.75) is 64.3 Å². The molecule has 0 aromatic carbocycles. The molecule has 0 aliphatic carbocycles. The lowest BCUT2D eigenvalue weighted by atomic mass is 9.81. The minimum atomic E-state index is -4.51. The summed E-state index contributed by atoms with van der Waals surface area (Å²) >= 11 is 0. The molecule has 0 N–H and O–H groups in total.